The second-order valence-corrected chi connectivity index (χ2v) is 16.1. The van der Waals surface area contributed by atoms with Crippen LogP contribution >= 0.6 is 0 Å². The first-order valence-electron chi connectivity index (χ1n) is 19.0. The average molecular weight is 717 g/mol. The molecule has 0 unspecified atom stereocenters. The van der Waals surface area contributed by atoms with Gasteiger partial charge in [-0.25, -0.2) is 9.97 Å². The number of hydrogen-bond acceptors (Lipinski definition) is 4. The molecule has 7 aromatic carbocycles. The molecule has 56 heavy (non-hydrogen) atoms. The number of nitrogens with zero attached hydrogens (tertiary/aromatic N) is 4. The summed E-state index contributed by atoms with van der Waals surface area (Å²) in [6.45, 7) is 9.27. The molecule has 0 radical (unpaired) electrons. The summed E-state index contributed by atoms with van der Waals surface area (Å²) in [4.78, 5) is 10.6. The summed E-state index contributed by atoms with van der Waals surface area (Å²) in [5.41, 5.74) is 18.9. The summed E-state index contributed by atoms with van der Waals surface area (Å²) in [6, 6.07) is 55.3. The van der Waals surface area contributed by atoms with Crippen molar-refractivity contribution in [2.75, 3.05) is 0 Å². The van der Waals surface area contributed by atoms with Crippen molar-refractivity contribution in [3.63, 3.8) is 0 Å². The van der Waals surface area contributed by atoms with Crippen LogP contribution in [0.5, 0.6) is 0 Å². The van der Waals surface area contributed by atoms with Gasteiger partial charge in [0.25, 0.3) is 0 Å². The zero-order valence-corrected chi connectivity index (χ0v) is 31.6. The molecule has 1 aromatic heterocycles. The highest BCUT2D eigenvalue weighted by Crippen LogP contribution is 2.52. The molecule has 0 fully saturated rings. The molecule has 4 nitrogen and oxygen atoms in total. The fourth-order valence-electron chi connectivity index (χ4n) is 9.12. The van der Waals surface area contributed by atoms with Crippen molar-refractivity contribution in [3.05, 3.63) is 179 Å². The molecule has 0 atom stereocenters. The van der Waals surface area contributed by atoms with Crippen LogP contribution < -0.4 is 0 Å². The lowest BCUT2D eigenvalue weighted by Gasteiger charge is -2.23. The molecule has 0 bridgehead atoms. The van der Waals surface area contributed by atoms with Crippen LogP contribution in [0.4, 0.5) is 0 Å². The van der Waals surface area contributed by atoms with E-state index in [-0.39, 0.29) is 10.8 Å². The maximum atomic E-state index is 9.65. The van der Waals surface area contributed by atoms with E-state index < -0.39 is 0 Å². The van der Waals surface area contributed by atoms with Crippen LogP contribution in [0.2, 0.25) is 0 Å². The van der Waals surface area contributed by atoms with E-state index in [4.69, 9.17) is 9.97 Å². The van der Waals surface area contributed by atoms with Gasteiger partial charge in [0.15, 0.2) is 5.82 Å². The highest BCUT2D eigenvalue weighted by Gasteiger charge is 2.37. The third-order valence-corrected chi connectivity index (χ3v) is 12.2. The minimum absolute atomic E-state index is 0.144. The van der Waals surface area contributed by atoms with Gasteiger partial charge in [-0.2, -0.15) is 10.5 Å². The van der Waals surface area contributed by atoms with Gasteiger partial charge in [-0.05, 0) is 122 Å². The molecular weight excluding hydrogens is 681 g/mol. The van der Waals surface area contributed by atoms with Gasteiger partial charge in [-0.1, -0.05) is 113 Å². The van der Waals surface area contributed by atoms with Crippen molar-refractivity contribution >= 4 is 10.9 Å². The van der Waals surface area contributed by atoms with Crippen molar-refractivity contribution in [2.45, 2.75) is 38.5 Å². The molecule has 0 aliphatic heterocycles. The molecule has 0 spiro atoms. The zero-order valence-electron chi connectivity index (χ0n) is 31.6. The highest BCUT2D eigenvalue weighted by atomic mass is 14.9. The molecule has 0 amide bonds. The van der Waals surface area contributed by atoms with Gasteiger partial charge in [0.1, 0.15) is 0 Å². The Morgan fingerprint density at radius 2 is 0.893 bits per heavy atom. The van der Waals surface area contributed by atoms with Gasteiger partial charge >= 0.3 is 0 Å². The Morgan fingerprint density at radius 1 is 0.411 bits per heavy atom. The lowest BCUT2D eigenvalue weighted by Crippen LogP contribution is -2.15. The van der Waals surface area contributed by atoms with Gasteiger partial charge in [0.05, 0.1) is 34.5 Å². The number of hydrogen-bond donors (Lipinski definition) is 0. The Morgan fingerprint density at radius 3 is 1.46 bits per heavy atom. The second kappa shape index (κ2) is 12.2. The van der Waals surface area contributed by atoms with Crippen LogP contribution in [0.25, 0.3) is 78.1 Å². The lowest BCUT2D eigenvalue weighted by molar-refractivity contribution is 0.660. The van der Waals surface area contributed by atoms with Gasteiger partial charge in [0.2, 0.25) is 0 Å². The Kier molecular flexibility index (Phi) is 7.28. The molecule has 2 aliphatic rings. The highest BCUT2D eigenvalue weighted by molar-refractivity contribution is 6.05. The van der Waals surface area contributed by atoms with Crippen LogP contribution in [-0.2, 0) is 10.8 Å². The Bertz CT molecular complexity index is 3030. The zero-order chi connectivity index (χ0) is 38.3. The van der Waals surface area contributed by atoms with E-state index in [1.165, 1.54) is 44.5 Å². The summed E-state index contributed by atoms with van der Waals surface area (Å²) < 4.78 is 0. The number of fused-ring (bicyclic) bond motifs is 7. The Labute approximate surface area is 327 Å². The van der Waals surface area contributed by atoms with Crippen LogP contribution in [0.3, 0.4) is 0 Å². The fourth-order valence-corrected chi connectivity index (χ4v) is 9.12. The largest absolute Gasteiger partial charge is 0.227 e. The Balaban J connectivity index is 1.26. The summed E-state index contributed by atoms with van der Waals surface area (Å²) in [6.07, 6.45) is 0. The van der Waals surface area contributed by atoms with Crippen LogP contribution in [0, 0.1) is 22.7 Å². The van der Waals surface area contributed by atoms with E-state index in [1.807, 2.05) is 48.5 Å². The van der Waals surface area contributed by atoms with E-state index >= 15 is 0 Å². The van der Waals surface area contributed by atoms with Crippen molar-refractivity contribution in [3.8, 4) is 79.3 Å². The third kappa shape index (κ3) is 4.97. The normalized spacial score (nSPS) is 14.0. The SMILES string of the molecule is CC1(C)c2ccccc2-c2ccc(-c3cc(-c4ccc5c(c4)C(C)(C)c4ccccc4-5)c4nc(-c5ccc(C#N)cc5)nc(-c5ccc(C#N)cc5)c4c3)cc21. The van der Waals surface area contributed by atoms with Gasteiger partial charge in [0, 0.05) is 32.9 Å². The minimum Gasteiger partial charge on any atom is -0.227 e. The summed E-state index contributed by atoms with van der Waals surface area (Å²) >= 11 is 0. The third-order valence-electron chi connectivity index (χ3n) is 12.2. The standard InChI is InChI=1S/C52H36N4/c1-51(2)44-11-7-5-9-38(44)40-23-21-35(27-46(40)51)37-25-42(36-22-24-41-39-10-6-8-12-45(39)52(3,4)47(41)28-36)49-43(26-37)48(33-17-13-31(29-53)14-18-33)55-50(56-49)34-19-15-32(30-54)16-20-34/h5-28H,1-4H3. The number of benzene rings is 7. The fraction of sp³-hybridized carbons (Fsp3) is 0.115. The topological polar surface area (TPSA) is 73.4 Å². The minimum atomic E-state index is -0.174. The van der Waals surface area contributed by atoms with E-state index in [9.17, 15) is 10.5 Å². The molecule has 0 saturated heterocycles. The van der Waals surface area contributed by atoms with E-state index in [2.05, 4.69) is 137 Å². The first-order chi connectivity index (χ1) is 27.1. The van der Waals surface area contributed by atoms with Crippen molar-refractivity contribution in [1.82, 2.24) is 9.97 Å². The average Bonchev–Trinajstić information content (AvgIpc) is 3.61. The molecule has 0 saturated carbocycles. The van der Waals surface area contributed by atoms with E-state index in [1.54, 1.807) is 0 Å². The summed E-state index contributed by atoms with van der Waals surface area (Å²) in [5, 5.41) is 20.1. The second-order valence-electron chi connectivity index (χ2n) is 16.1. The van der Waals surface area contributed by atoms with Gasteiger partial charge < -0.3 is 0 Å². The molecule has 10 rings (SSSR count). The first kappa shape index (κ1) is 33.4. The predicted molar refractivity (Wildman–Crippen MR) is 226 cm³/mol. The smallest absolute Gasteiger partial charge is 0.160 e. The summed E-state index contributed by atoms with van der Waals surface area (Å²) in [7, 11) is 0. The lowest BCUT2D eigenvalue weighted by atomic mass is 9.81. The molecule has 8 aromatic rings. The van der Waals surface area contributed by atoms with Crippen molar-refractivity contribution < 1.29 is 0 Å². The van der Waals surface area contributed by atoms with E-state index in [0.717, 1.165) is 50.0 Å². The summed E-state index contributed by atoms with van der Waals surface area (Å²) in [5.74, 6) is 0.571. The van der Waals surface area contributed by atoms with Gasteiger partial charge in [-0.15, -0.1) is 0 Å². The molecule has 0 N–H and O–H groups in total. The monoisotopic (exact) mass is 716 g/mol. The number of nitriles is 2. The quantitative estimate of drug-likeness (QED) is 0.182. The number of rotatable bonds is 4. The molecule has 2 aliphatic carbocycles. The van der Waals surface area contributed by atoms with Gasteiger partial charge in [-0.3, -0.25) is 0 Å². The van der Waals surface area contributed by atoms with Crippen molar-refractivity contribution in [2.24, 2.45) is 0 Å². The molecule has 1 heterocycles. The van der Waals surface area contributed by atoms with Crippen LogP contribution in [0.1, 0.15) is 61.1 Å². The molecule has 264 valence electrons. The Hall–Kier alpha value is -7.14. The molecular formula is C52H36N4. The first-order valence-corrected chi connectivity index (χ1v) is 19.0. The van der Waals surface area contributed by atoms with E-state index in [0.29, 0.717) is 17.0 Å². The van der Waals surface area contributed by atoms with Crippen LogP contribution in [0.15, 0.2) is 146 Å². The maximum absolute atomic E-state index is 9.65. The van der Waals surface area contributed by atoms with Crippen LogP contribution in [-0.4, -0.2) is 9.97 Å². The number of aromatic nitrogens is 2. The predicted octanol–water partition coefficient (Wildman–Crippen LogP) is 12.7. The van der Waals surface area contributed by atoms with Crippen molar-refractivity contribution in [1.29, 1.82) is 10.5 Å². The maximum Gasteiger partial charge on any atom is 0.160 e. The molecule has 4 heteroatoms.